The van der Waals surface area contributed by atoms with Gasteiger partial charge < -0.3 is 5.32 Å². The number of rotatable bonds is 6. The van der Waals surface area contributed by atoms with Gasteiger partial charge in [-0.1, -0.05) is 54.4 Å². The Labute approximate surface area is 134 Å². The van der Waals surface area contributed by atoms with Gasteiger partial charge in [-0.15, -0.1) is 11.8 Å². The van der Waals surface area contributed by atoms with Gasteiger partial charge in [0.05, 0.1) is 10.0 Å². The van der Waals surface area contributed by atoms with Crippen LogP contribution in [0.1, 0.15) is 18.1 Å². The second kappa shape index (κ2) is 7.94. The van der Waals surface area contributed by atoms with Crippen molar-refractivity contribution in [3.05, 3.63) is 63.6 Å². The molecule has 0 bridgehead atoms. The van der Waals surface area contributed by atoms with E-state index >= 15 is 0 Å². The van der Waals surface area contributed by atoms with Gasteiger partial charge in [0.15, 0.2) is 0 Å². The predicted octanol–water partition coefficient (Wildman–Crippen LogP) is 5.40. The monoisotopic (exact) mass is 325 g/mol. The normalized spacial score (nSPS) is 10.8. The minimum Gasteiger partial charge on any atom is -0.313 e. The van der Waals surface area contributed by atoms with E-state index in [4.69, 9.17) is 23.2 Å². The Bertz CT molecular complexity index is 572. The van der Waals surface area contributed by atoms with E-state index in [1.807, 2.05) is 18.2 Å². The molecule has 0 aliphatic heterocycles. The number of hydrogen-bond acceptors (Lipinski definition) is 2. The molecule has 0 saturated carbocycles. The average molecular weight is 326 g/mol. The summed E-state index contributed by atoms with van der Waals surface area (Å²) in [5.74, 6) is 0.823. The lowest BCUT2D eigenvalue weighted by molar-refractivity contribution is 0.725. The van der Waals surface area contributed by atoms with Crippen LogP contribution < -0.4 is 5.32 Å². The molecule has 0 radical (unpaired) electrons. The Kier molecular flexibility index (Phi) is 6.24. The molecule has 0 heterocycles. The van der Waals surface area contributed by atoms with Gasteiger partial charge in [-0.2, -0.15) is 0 Å². The van der Waals surface area contributed by atoms with Gasteiger partial charge in [0.25, 0.3) is 0 Å². The highest BCUT2D eigenvalue weighted by Gasteiger charge is 2.05. The Morgan fingerprint density at radius 3 is 2.70 bits per heavy atom. The van der Waals surface area contributed by atoms with Gasteiger partial charge in [-0.25, -0.2) is 0 Å². The molecule has 1 nitrogen and oxygen atoms in total. The maximum absolute atomic E-state index is 6.20. The Morgan fingerprint density at radius 1 is 1.10 bits per heavy atom. The predicted molar refractivity (Wildman–Crippen MR) is 89.8 cm³/mol. The SMILES string of the molecule is CCNCc1cccc(SCc2cccc(Cl)c2Cl)c1. The van der Waals surface area contributed by atoms with Crippen LogP contribution in [0.4, 0.5) is 0 Å². The maximum Gasteiger partial charge on any atom is 0.0632 e. The van der Waals surface area contributed by atoms with Crippen molar-refractivity contribution in [3.63, 3.8) is 0 Å². The van der Waals surface area contributed by atoms with Crippen LogP contribution in [-0.2, 0) is 12.3 Å². The molecule has 106 valence electrons. The van der Waals surface area contributed by atoms with Crippen molar-refractivity contribution in [3.8, 4) is 0 Å². The lowest BCUT2D eigenvalue weighted by atomic mass is 10.2. The number of halogens is 2. The second-order valence-corrected chi connectivity index (χ2v) is 6.26. The minimum absolute atomic E-state index is 0.616. The molecule has 2 aromatic rings. The van der Waals surface area contributed by atoms with Crippen molar-refractivity contribution in [2.75, 3.05) is 6.54 Å². The lowest BCUT2D eigenvalue weighted by Gasteiger charge is -2.07. The van der Waals surface area contributed by atoms with E-state index in [-0.39, 0.29) is 0 Å². The third-order valence-electron chi connectivity index (χ3n) is 2.90. The zero-order valence-corrected chi connectivity index (χ0v) is 13.7. The van der Waals surface area contributed by atoms with E-state index in [9.17, 15) is 0 Å². The molecule has 0 saturated heterocycles. The summed E-state index contributed by atoms with van der Waals surface area (Å²) in [7, 11) is 0. The fraction of sp³-hybridized carbons (Fsp3) is 0.250. The smallest absolute Gasteiger partial charge is 0.0632 e. The van der Waals surface area contributed by atoms with Crippen LogP contribution in [0.25, 0.3) is 0 Å². The molecule has 0 aliphatic rings. The Hall–Kier alpha value is -0.670. The summed E-state index contributed by atoms with van der Waals surface area (Å²) in [6.45, 7) is 4.00. The first kappa shape index (κ1) is 15.7. The summed E-state index contributed by atoms with van der Waals surface area (Å²) in [5, 5.41) is 4.61. The number of thioether (sulfide) groups is 1. The first-order chi connectivity index (χ1) is 9.70. The Morgan fingerprint density at radius 2 is 1.90 bits per heavy atom. The van der Waals surface area contributed by atoms with Crippen molar-refractivity contribution in [2.45, 2.75) is 24.1 Å². The molecule has 20 heavy (non-hydrogen) atoms. The van der Waals surface area contributed by atoms with Gasteiger partial charge in [0.2, 0.25) is 0 Å². The van der Waals surface area contributed by atoms with E-state index < -0.39 is 0 Å². The van der Waals surface area contributed by atoms with Gasteiger partial charge in [0.1, 0.15) is 0 Å². The quantitative estimate of drug-likeness (QED) is 0.714. The van der Waals surface area contributed by atoms with E-state index in [0.717, 1.165) is 24.4 Å². The molecule has 0 aromatic heterocycles. The summed E-state index contributed by atoms with van der Waals surface area (Å²) < 4.78 is 0. The first-order valence-electron chi connectivity index (χ1n) is 6.56. The fourth-order valence-corrected chi connectivity index (χ4v) is 3.27. The molecular formula is C16H17Cl2NS. The lowest BCUT2D eigenvalue weighted by Crippen LogP contribution is -2.11. The second-order valence-electron chi connectivity index (χ2n) is 4.43. The first-order valence-corrected chi connectivity index (χ1v) is 8.30. The van der Waals surface area contributed by atoms with E-state index in [0.29, 0.717) is 10.0 Å². The molecule has 0 atom stereocenters. The molecule has 0 aliphatic carbocycles. The van der Waals surface area contributed by atoms with Gasteiger partial charge >= 0.3 is 0 Å². The van der Waals surface area contributed by atoms with Crippen LogP contribution in [0, 0.1) is 0 Å². The maximum atomic E-state index is 6.20. The largest absolute Gasteiger partial charge is 0.313 e. The topological polar surface area (TPSA) is 12.0 Å². The summed E-state index contributed by atoms with van der Waals surface area (Å²) in [4.78, 5) is 1.25. The minimum atomic E-state index is 0.616. The van der Waals surface area contributed by atoms with Crippen LogP contribution in [0.15, 0.2) is 47.4 Å². The zero-order valence-electron chi connectivity index (χ0n) is 11.3. The standard InChI is InChI=1S/C16H17Cl2NS/c1-2-19-10-12-5-3-7-14(9-12)20-11-13-6-4-8-15(17)16(13)18/h3-9,19H,2,10-11H2,1H3. The van der Waals surface area contributed by atoms with Crippen molar-refractivity contribution in [2.24, 2.45) is 0 Å². The molecular weight excluding hydrogens is 309 g/mol. The molecule has 4 heteroatoms. The van der Waals surface area contributed by atoms with Gasteiger partial charge in [-0.3, -0.25) is 0 Å². The van der Waals surface area contributed by atoms with Crippen LogP contribution in [0.3, 0.4) is 0 Å². The third kappa shape index (κ3) is 4.42. The summed E-state index contributed by atoms with van der Waals surface area (Å²) in [5.41, 5.74) is 2.37. The number of hydrogen-bond donors (Lipinski definition) is 1. The number of nitrogens with one attached hydrogen (secondary N) is 1. The van der Waals surface area contributed by atoms with Gasteiger partial charge in [-0.05, 0) is 35.9 Å². The third-order valence-corrected chi connectivity index (χ3v) is 4.80. The highest BCUT2D eigenvalue weighted by atomic mass is 35.5. The van der Waals surface area contributed by atoms with E-state index in [1.165, 1.54) is 10.5 Å². The van der Waals surface area contributed by atoms with Crippen molar-refractivity contribution >= 4 is 35.0 Å². The molecule has 0 amide bonds. The molecule has 0 unspecified atom stereocenters. The van der Waals surface area contributed by atoms with Crippen molar-refractivity contribution in [1.29, 1.82) is 0 Å². The Balaban J connectivity index is 2.01. The van der Waals surface area contributed by atoms with Crippen molar-refractivity contribution in [1.82, 2.24) is 5.32 Å². The van der Waals surface area contributed by atoms with Crippen LogP contribution in [0.2, 0.25) is 10.0 Å². The van der Waals surface area contributed by atoms with Crippen LogP contribution in [0.5, 0.6) is 0 Å². The summed E-state index contributed by atoms with van der Waals surface area (Å²) >= 11 is 14.0. The molecule has 0 fully saturated rings. The average Bonchev–Trinajstić information content (AvgIpc) is 2.47. The molecule has 2 aromatic carbocycles. The highest BCUT2D eigenvalue weighted by molar-refractivity contribution is 7.98. The van der Waals surface area contributed by atoms with E-state index in [1.54, 1.807) is 11.8 Å². The zero-order chi connectivity index (χ0) is 14.4. The molecule has 1 N–H and O–H groups in total. The molecule has 2 rings (SSSR count). The van der Waals surface area contributed by atoms with Crippen molar-refractivity contribution < 1.29 is 0 Å². The number of benzene rings is 2. The van der Waals surface area contributed by atoms with Crippen LogP contribution >= 0.6 is 35.0 Å². The highest BCUT2D eigenvalue weighted by Crippen LogP contribution is 2.31. The summed E-state index contributed by atoms with van der Waals surface area (Å²) in [6, 6.07) is 14.3. The van der Waals surface area contributed by atoms with E-state index in [2.05, 4.69) is 36.5 Å². The molecule has 0 spiro atoms. The summed E-state index contributed by atoms with van der Waals surface area (Å²) in [6.07, 6.45) is 0. The van der Waals surface area contributed by atoms with Gasteiger partial charge in [0, 0.05) is 17.2 Å². The van der Waals surface area contributed by atoms with Crippen LogP contribution in [-0.4, -0.2) is 6.54 Å². The fourth-order valence-electron chi connectivity index (χ4n) is 1.84.